The van der Waals surface area contributed by atoms with Crippen LogP contribution in [0.2, 0.25) is 10.0 Å². The number of benzene rings is 3. The topological polar surface area (TPSA) is 114 Å². The Morgan fingerprint density at radius 2 is 1.81 bits per heavy atom. The molecule has 11 heteroatoms. The van der Waals surface area contributed by atoms with E-state index in [4.69, 9.17) is 27.9 Å². The molecule has 0 saturated carbocycles. The van der Waals surface area contributed by atoms with Crippen molar-refractivity contribution in [2.75, 3.05) is 25.0 Å². The zero-order valence-electron chi connectivity index (χ0n) is 23.6. The predicted molar refractivity (Wildman–Crippen MR) is 169 cm³/mol. The summed E-state index contributed by atoms with van der Waals surface area (Å²) >= 11 is 13.1. The number of hydrogen-bond acceptors (Lipinski definition) is 6. The summed E-state index contributed by atoms with van der Waals surface area (Å²) in [6.07, 6.45) is 6.17. The average molecular weight is 619 g/mol. The van der Waals surface area contributed by atoms with Crippen molar-refractivity contribution < 1.29 is 19.1 Å². The van der Waals surface area contributed by atoms with Gasteiger partial charge in [-0.05, 0) is 55.0 Å². The Kier molecular flexibility index (Phi) is 10.5. The molecule has 1 aromatic heterocycles. The molecule has 0 atom stereocenters. The Balaban J connectivity index is 1.36. The molecule has 0 aliphatic heterocycles. The number of amides is 3. The minimum atomic E-state index is -0.459. The lowest BCUT2D eigenvalue weighted by Crippen LogP contribution is -2.37. The summed E-state index contributed by atoms with van der Waals surface area (Å²) in [5.41, 5.74) is 4.17. The maximum atomic E-state index is 12.9. The number of nitrogens with one attached hydrogen (secondary N) is 2. The van der Waals surface area contributed by atoms with Crippen molar-refractivity contribution in [1.29, 1.82) is 0 Å². The minimum Gasteiger partial charge on any atom is -0.486 e. The first-order valence-corrected chi connectivity index (χ1v) is 14.0. The summed E-state index contributed by atoms with van der Waals surface area (Å²) in [4.78, 5) is 47.5. The highest BCUT2D eigenvalue weighted by Gasteiger charge is 2.19. The van der Waals surface area contributed by atoms with Crippen LogP contribution in [0.3, 0.4) is 0 Å². The minimum absolute atomic E-state index is 0.0320. The number of aromatic nitrogens is 2. The smallest absolute Gasteiger partial charge is 0.251 e. The number of halogens is 2. The predicted octanol–water partition coefficient (Wildman–Crippen LogP) is 5.53. The molecule has 4 rings (SSSR count). The third-order valence-electron chi connectivity index (χ3n) is 6.35. The van der Waals surface area contributed by atoms with Gasteiger partial charge in [-0.3, -0.25) is 19.4 Å². The van der Waals surface area contributed by atoms with Gasteiger partial charge < -0.3 is 20.3 Å². The molecular weight excluding hydrogens is 589 g/mol. The fourth-order valence-electron chi connectivity index (χ4n) is 4.00. The quantitative estimate of drug-likeness (QED) is 0.169. The van der Waals surface area contributed by atoms with E-state index < -0.39 is 11.8 Å². The molecule has 4 aromatic rings. The standard InChI is InChI=1S/C32H29Cl2N5O4/c1-4-16-35-32(42)22-11-8-21(9-12-22)10-15-28(40)37-18-29(41)39(3)26-14-13-24(33)23(30(26)34)19-43-27-7-5-6-25-31(27)38-20(2)17-36-25/h4-15,17H,1,16,18-19H2,2-3H3,(H,35,42)(H,37,40)/b15-10+. The summed E-state index contributed by atoms with van der Waals surface area (Å²) in [5.74, 6) is -0.547. The van der Waals surface area contributed by atoms with Crippen LogP contribution in [0.5, 0.6) is 5.75 Å². The molecule has 0 radical (unpaired) electrons. The Hall–Kier alpha value is -4.73. The molecule has 2 N–H and O–H groups in total. The van der Waals surface area contributed by atoms with E-state index in [-0.39, 0.29) is 24.1 Å². The lowest BCUT2D eigenvalue weighted by atomic mass is 10.1. The van der Waals surface area contributed by atoms with Crippen LogP contribution in [0.1, 0.15) is 27.2 Å². The second-order valence-electron chi connectivity index (χ2n) is 9.41. The molecule has 0 unspecified atom stereocenters. The molecule has 3 amide bonds. The van der Waals surface area contributed by atoms with Crippen LogP contribution in [0.25, 0.3) is 17.1 Å². The van der Waals surface area contributed by atoms with Gasteiger partial charge >= 0.3 is 0 Å². The van der Waals surface area contributed by atoms with Gasteiger partial charge in [-0.15, -0.1) is 6.58 Å². The Labute approximate surface area is 259 Å². The first-order valence-electron chi connectivity index (χ1n) is 13.2. The van der Waals surface area contributed by atoms with Crippen molar-refractivity contribution in [2.24, 2.45) is 0 Å². The van der Waals surface area contributed by atoms with Gasteiger partial charge in [0.05, 0.1) is 28.5 Å². The van der Waals surface area contributed by atoms with E-state index in [9.17, 15) is 14.4 Å². The van der Waals surface area contributed by atoms with Crippen molar-refractivity contribution in [3.8, 4) is 5.75 Å². The molecule has 0 saturated heterocycles. The molecule has 220 valence electrons. The van der Waals surface area contributed by atoms with Crippen LogP contribution < -0.4 is 20.3 Å². The maximum absolute atomic E-state index is 12.9. The van der Waals surface area contributed by atoms with Crippen LogP contribution in [0.4, 0.5) is 5.69 Å². The number of likely N-dealkylation sites (N-methyl/N-ethyl adjacent to an activating group) is 1. The van der Waals surface area contributed by atoms with Crippen molar-refractivity contribution in [3.63, 3.8) is 0 Å². The second-order valence-corrected chi connectivity index (χ2v) is 10.2. The molecule has 0 bridgehead atoms. The van der Waals surface area contributed by atoms with Crippen LogP contribution in [-0.2, 0) is 16.2 Å². The third kappa shape index (κ3) is 7.97. The third-order valence-corrected chi connectivity index (χ3v) is 7.13. The van der Waals surface area contributed by atoms with Gasteiger partial charge in [0.25, 0.3) is 5.91 Å². The summed E-state index contributed by atoms with van der Waals surface area (Å²) in [6.45, 7) is 5.55. The molecule has 9 nitrogen and oxygen atoms in total. The molecule has 0 aliphatic carbocycles. The molecule has 43 heavy (non-hydrogen) atoms. The molecule has 3 aromatic carbocycles. The number of ether oxygens (including phenoxy) is 1. The largest absolute Gasteiger partial charge is 0.486 e. The normalized spacial score (nSPS) is 10.9. The number of aryl methyl sites for hydroxylation is 1. The first kappa shape index (κ1) is 31.2. The summed E-state index contributed by atoms with van der Waals surface area (Å²) in [5, 5.41) is 5.89. The summed E-state index contributed by atoms with van der Waals surface area (Å²) < 4.78 is 6.03. The highest BCUT2D eigenvalue weighted by atomic mass is 35.5. The maximum Gasteiger partial charge on any atom is 0.251 e. The van der Waals surface area contributed by atoms with Crippen LogP contribution in [-0.4, -0.2) is 47.8 Å². The monoisotopic (exact) mass is 617 g/mol. The van der Waals surface area contributed by atoms with Crippen molar-refractivity contribution >= 4 is 63.7 Å². The number of para-hydroxylation sites is 1. The molecule has 1 heterocycles. The fourth-order valence-corrected chi connectivity index (χ4v) is 4.60. The fraction of sp³-hybridized carbons (Fsp3) is 0.156. The van der Waals surface area contributed by atoms with Crippen LogP contribution >= 0.6 is 23.2 Å². The Morgan fingerprint density at radius 1 is 1.05 bits per heavy atom. The van der Waals surface area contributed by atoms with E-state index in [0.29, 0.717) is 50.7 Å². The van der Waals surface area contributed by atoms with E-state index in [0.717, 1.165) is 5.69 Å². The SMILES string of the molecule is C=CCNC(=O)c1ccc(/C=C/C(=O)NCC(=O)N(C)c2ccc(Cl)c(COc3cccc4ncc(C)nc34)c2Cl)cc1. The lowest BCUT2D eigenvalue weighted by Gasteiger charge is -2.21. The molecule has 0 aliphatic rings. The van der Waals surface area contributed by atoms with Gasteiger partial charge in [0.1, 0.15) is 17.9 Å². The molecule has 0 spiro atoms. The highest BCUT2D eigenvalue weighted by Crippen LogP contribution is 2.35. The Bertz CT molecular complexity index is 1710. The number of hydrogen-bond donors (Lipinski definition) is 2. The van der Waals surface area contributed by atoms with Gasteiger partial charge in [0, 0.05) is 42.0 Å². The van der Waals surface area contributed by atoms with Crippen LogP contribution in [0, 0.1) is 6.92 Å². The molecular formula is C32H29Cl2N5O4. The van der Waals surface area contributed by atoms with E-state index in [1.807, 2.05) is 19.1 Å². The number of anilines is 1. The number of fused-ring (bicyclic) bond motifs is 1. The van der Waals surface area contributed by atoms with Crippen molar-refractivity contribution in [2.45, 2.75) is 13.5 Å². The molecule has 0 fully saturated rings. The lowest BCUT2D eigenvalue weighted by molar-refractivity contribution is -0.122. The summed E-state index contributed by atoms with van der Waals surface area (Å²) in [7, 11) is 1.56. The average Bonchev–Trinajstić information content (AvgIpc) is 3.01. The number of carbonyl (C=O) groups excluding carboxylic acids is 3. The van der Waals surface area contributed by atoms with E-state index in [1.54, 1.807) is 67.9 Å². The van der Waals surface area contributed by atoms with Gasteiger partial charge in [-0.1, -0.05) is 47.5 Å². The zero-order chi connectivity index (χ0) is 30.9. The van der Waals surface area contributed by atoms with E-state index in [1.165, 1.54) is 11.0 Å². The van der Waals surface area contributed by atoms with Gasteiger partial charge in [0.2, 0.25) is 11.8 Å². The van der Waals surface area contributed by atoms with E-state index in [2.05, 4.69) is 27.2 Å². The van der Waals surface area contributed by atoms with Gasteiger partial charge in [-0.25, -0.2) is 4.98 Å². The van der Waals surface area contributed by atoms with Gasteiger partial charge in [0.15, 0.2) is 0 Å². The van der Waals surface area contributed by atoms with Crippen molar-refractivity contribution in [1.82, 2.24) is 20.6 Å². The van der Waals surface area contributed by atoms with Gasteiger partial charge in [-0.2, -0.15) is 0 Å². The first-order chi connectivity index (χ1) is 20.7. The second kappa shape index (κ2) is 14.4. The highest BCUT2D eigenvalue weighted by molar-refractivity contribution is 6.38. The number of carbonyl (C=O) groups is 3. The Morgan fingerprint density at radius 3 is 2.56 bits per heavy atom. The van der Waals surface area contributed by atoms with Crippen LogP contribution in [0.15, 0.2) is 79.5 Å². The zero-order valence-corrected chi connectivity index (χ0v) is 25.1. The van der Waals surface area contributed by atoms with E-state index >= 15 is 0 Å². The number of rotatable bonds is 11. The van der Waals surface area contributed by atoms with Crippen molar-refractivity contribution in [3.05, 3.63) is 112 Å². The number of nitrogens with zero attached hydrogens (tertiary/aromatic N) is 3. The summed E-state index contributed by atoms with van der Waals surface area (Å²) in [6, 6.07) is 15.4.